The highest BCUT2D eigenvalue weighted by molar-refractivity contribution is 7.00. The number of fused-ring (bicyclic) bond motifs is 7. The predicted molar refractivity (Wildman–Crippen MR) is 349 cm³/mol. The number of rotatable bonds is 7. The van der Waals surface area contributed by atoms with Gasteiger partial charge in [0.25, 0.3) is 6.71 Å². The number of anilines is 7. The topological polar surface area (TPSA) is 14.7 Å². The third-order valence-electron chi connectivity index (χ3n) is 19.5. The second-order valence-electron chi connectivity index (χ2n) is 26.6. The zero-order valence-corrected chi connectivity index (χ0v) is 48.1. The van der Waals surface area contributed by atoms with Gasteiger partial charge < -0.3 is 19.3 Å². The molecule has 0 spiro atoms. The number of hydrogen-bond acceptors (Lipinski definition) is 3. The maximum Gasteiger partial charge on any atom is 0.252 e. The van der Waals surface area contributed by atoms with Crippen molar-refractivity contribution in [1.82, 2.24) is 4.57 Å². The molecule has 0 unspecified atom stereocenters. The first-order valence-electron chi connectivity index (χ1n) is 30.2. The Labute approximate surface area is 484 Å². The first kappa shape index (κ1) is 49.3. The molecular weight excluding hydrogens is 992 g/mol. The van der Waals surface area contributed by atoms with Crippen LogP contribution < -0.4 is 31.1 Å². The van der Waals surface area contributed by atoms with E-state index >= 15 is 0 Å². The average molecular weight is 1060 g/mol. The lowest BCUT2D eigenvalue weighted by Crippen LogP contribution is -2.61. The van der Waals surface area contributed by atoms with E-state index in [-0.39, 0.29) is 17.5 Å². The van der Waals surface area contributed by atoms with Crippen molar-refractivity contribution < 1.29 is 0 Å². The largest absolute Gasteiger partial charge is 0.365 e. The highest BCUT2D eigenvalue weighted by Crippen LogP contribution is 2.53. The Morgan fingerprint density at radius 3 is 1.33 bits per heavy atom. The van der Waals surface area contributed by atoms with E-state index in [2.05, 4.69) is 285 Å². The number of hydrogen-bond donors (Lipinski definition) is 0. The molecule has 2 saturated carbocycles. The van der Waals surface area contributed by atoms with Crippen LogP contribution in [0.25, 0.3) is 60.9 Å². The van der Waals surface area contributed by atoms with Gasteiger partial charge in [-0.05, 0) is 195 Å². The zero-order valence-electron chi connectivity index (χ0n) is 48.1. The Bertz CT molecular complexity index is 4220. The summed E-state index contributed by atoms with van der Waals surface area (Å²) in [5, 5.41) is 2.58. The molecule has 0 radical (unpaired) electrons. The van der Waals surface area contributed by atoms with Crippen LogP contribution in [-0.2, 0) is 10.8 Å². The van der Waals surface area contributed by atoms with Crippen molar-refractivity contribution in [3.8, 4) is 39.1 Å². The Kier molecular flexibility index (Phi) is 11.1. The molecule has 0 N–H and O–H groups in total. The molecule has 400 valence electrons. The molecule has 0 atom stereocenters. The summed E-state index contributed by atoms with van der Waals surface area (Å²) >= 11 is 0. The third-order valence-corrected chi connectivity index (χ3v) is 19.5. The number of benzene rings is 10. The van der Waals surface area contributed by atoms with E-state index in [0.717, 1.165) is 28.9 Å². The highest BCUT2D eigenvalue weighted by Gasteiger charge is 2.49. The van der Waals surface area contributed by atoms with Gasteiger partial charge in [0, 0.05) is 62.7 Å². The van der Waals surface area contributed by atoms with E-state index < -0.39 is 0 Å². The van der Waals surface area contributed by atoms with Crippen LogP contribution in [-0.4, -0.2) is 23.4 Å². The lowest BCUT2D eigenvalue weighted by molar-refractivity contribution is 0.0900. The quantitative estimate of drug-likeness (QED) is 0.148. The molecule has 4 bridgehead atoms. The van der Waals surface area contributed by atoms with Gasteiger partial charge in [0.15, 0.2) is 0 Å². The predicted octanol–water partition coefficient (Wildman–Crippen LogP) is 18.2. The van der Waals surface area contributed by atoms with Crippen LogP contribution in [0.3, 0.4) is 0 Å². The molecule has 0 amide bonds. The second kappa shape index (κ2) is 18.5. The first-order chi connectivity index (χ1) is 39.9. The molecule has 4 fully saturated rings. The summed E-state index contributed by atoms with van der Waals surface area (Å²) in [6, 6.07) is 87.3. The Morgan fingerprint density at radius 1 is 0.341 bits per heavy atom. The zero-order chi connectivity index (χ0) is 55.2. The molecular formula is C77H69BN4. The summed E-state index contributed by atoms with van der Waals surface area (Å²) < 4.78 is 2.59. The lowest BCUT2D eigenvalue weighted by Gasteiger charge is -2.57. The summed E-state index contributed by atoms with van der Waals surface area (Å²) in [6.07, 6.45) is 6.70. The molecule has 4 nitrogen and oxygen atoms in total. The molecule has 82 heavy (non-hydrogen) atoms. The minimum atomic E-state index is -0.0494. The Morgan fingerprint density at radius 2 is 0.780 bits per heavy atom. The van der Waals surface area contributed by atoms with Gasteiger partial charge in [0.05, 0.1) is 16.7 Å². The van der Waals surface area contributed by atoms with Crippen LogP contribution >= 0.6 is 0 Å². The summed E-state index contributed by atoms with van der Waals surface area (Å²) in [5.74, 6) is 1.74. The molecule has 5 heterocycles. The van der Waals surface area contributed by atoms with Crippen LogP contribution in [0, 0.1) is 11.8 Å². The summed E-state index contributed by atoms with van der Waals surface area (Å²) in [7, 11) is 0. The van der Waals surface area contributed by atoms with Gasteiger partial charge in [-0.3, -0.25) is 0 Å². The van der Waals surface area contributed by atoms with Crippen molar-refractivity contribution in [2.45, 2.75) is 96.6 Å². The molecule has 6 aliphatic rings. The van der Waals surface area contributed by atoms with Crippen molar-refractivity contribution in [2.75, 3.05) is 14.7 Å². The molecule has 5 heteroatoms. The summed E-state index contributed by atoms with van der Waals surface area (Å²) in [6.45, 7) is 14.0. The molecule has 17 rings (SSSR count). The van der Waals surface area contributed by atoms with Gasteiger partial charge in [-0.25, -0.2) is 0 Å². The standard InChI is InChI=1S/C77H69BN4/c1-76(2,3)57-28-35-69-65(44-57)66-45-58(77(4,5)6)29-36-70(66)82(69)64-47-73-75-74(48-64)81(60-24-16-23-55(42-60)52-19-12-8-13-20-52)71-43-56(53-21-14-9-15-22-53)27-33-67(71)78(75)68-34-32-61(79-62-38-49-37-50(40-62)41-63(79)39-49)46-72(68)80(73)59-30-25-54(26-31-59)51-17-10-7-11-18-51/h7-36,42-50,62-63H,37-41H2,1-6H3. The fraction of sp³-hybridized carbons (Fsp3) is 0.221. The fourth-order valence-electron chi connectivity index (χ4n) is 15.7. The molecule has 10 aromatic carbocycles. The van der Waals surface area contributed by atoms with Crippen molar-refractivity contribution in [3.63, 3.8) is 0 Å². The lowest BCUT2D eigenvalue weighted by atomic mass is 9.33. The van der Waals surface area contributed by atoms with Crippen LogP contribution in [0.2, 0.25) is 0 Å². The minimum Gasteiger partial charge on any atom is -0.365 e. The average Bonchev–Trinajstić information content (AvgIpc) is 3.95. The van der Waals surface area contributed by atoms with Crippen molar-refractivity contribution in [3.05, 3.63) is 236 Å². The van der Waals surface area contributed by atoms with Crippen LogP contribution in [0.5, 0.6) is 0 Å². The number of nitrogens with zero attached hydrogens (tertiary/aromatic N) is 4. The van der Waals surface area contributed by atoms with Crippen LogP contribution in [0.1, 0.15) is 84.8 Å². The van der Waals surface area contributed by atoms with E-state index in [9.17, 15) is 0 Å². The first-order valence-corrected chi connectivity index (χ1v) is 30.2. The van der Waals surface area contributed by atoms with E-state index in [1.807, 2.05) is 0 Å². The normalized spacial score (nSPS) is 18.8. The van der Waals surface area contributed by atoms with E-state index in [0.29, 0.717) is 12.1 Å². The van der Waals surface area contributed by atoms with Gasteiger partial charge in [0.2, 0.25) is 0 Å². The fourth-order valence-corrected chi connectivity index (χ4v) is 15.7. The van der Waals surface area contributed by atoms with E-state index in [1.54, 1.807) is 0 Å². The van der Waals surface area contributed by atoms with Gasteiger partial charge in [0.1, 0.15) is 0 Å². The summed E-state index contributed by atoms with van der Waals surface area (Å²) in [5.41, 5.74) is 26.0. The number of aromatic nitrogens is 1. The molecule has 11 aromatic rings. The molecule has 4 aliphatic heterocycles. The smallest absolute Gasteiger partial charge is 0.252 e. The molecule has 2 saturated heterocycles. The van der Waals surface area contributed by atoms with Crippen LogP contribution in [0.4, 0.5) is 39.8 Å². The SMILES string of the molecule is CC(C)(C)c1ccc2c(c1)c1cc(C(C)(C)C)ccc1n2-c1cc2c3c(c1)N(c1ccc(-c4ccccc4)cc1)c1cc(N4C5CC6CC(C5)CC4C6)ccc1B3c1ccc(-c3ccccc3)cc1N2c1cccc(-c2ccccc2)c1. The third kappa shape index (κ3) is 7.94. The van der Waals surface area contributed by atoms with Gasteiger partial charge in [-0.2, -0.15) is 0 Å². The van der Waals surface area contributed by atoms with Crippen molar-refractivity contribution in [2.24, 2.45) is 11.8 Å². The number of piperidine rings is 2. The van der Waals surface area contributed by atoms with Gasteiger partial charge >= 0.3 is 0 Å². The summed E-state index contributed by atoms with van der Waals surface area (Å²) in [4.78, 5) is 8.17. The van der Waals surface area contributed by atoms with Gasteiger partial charge in [-0.1, -0.05) is 187 Å². The minimum absolute atomic E-state index is 0.0217. The van der Waals surface area contributed by atoms with Crippen molar-refractivity contribution >= 4 is 84.7 Å². The maximum atomic E-state index is 2.89. The van der Waals surface area contributed by atoms with E-state index in [4.69, 9.17) is 0 Å². The Hall–Kier alpha value is -8.54. The monoisotopic (exact) mass is 1060 g/mol. The Balaban J connectivity index is 1.01. The second-order valence-corrected chi connectivity index (χ2v) is 26.6. The maximum absolute atomic E-state index is 2.89. The van der Waals surface area contributed by atoms with E-state index in [1.165, 1.54) is 143 Å². The highest BCUT2D eigenvalue weighted by atomic mass is 15.2. The molecule has 1 aromatic heterocycles. The molecule has 2 aliphatic carbocycles. The van der Waals surface area contributed by atoms with Gasteiger partial charge in [-0.15, -0.1) is 0 Å². The van der Waals surface area contributed by atoms with Crippen LogP contribution in [0.15, 0.2) is 224 Å². The van der Waals surface area contributed by atoms with Crippen molar-refractivity contribution in [1.29, 1.82) is 0 Å².